The van der Waals surface area contributed by atoms with Gasteiger partial charge in [-0.2, -0.15) is 0 Å². The van der Waals surface area contributed by atoms with Crippen molar-refractivity contribution in [1.82, 2.24) is 4.90 Å². The molecule has 1 aromatic heterocycles. The van der Waals surface area contributed by atoms with Gasteiger partial charge in [-0.25, -0.2) is 0 Å². The van der Waals surface area contributed by atoms with Crippen LogP contribution in [0.15, 0.2) is 41.8 Å². The molecule has 0 radical (unpaired) electrons. The molecule has 1 aromatic carbocycles. The summed E-state index contributed by atoms with van der Waals surface area (Å²) in [6.07, 6.45) is 2.48. The smallest absolute Gasteiger partial charge is 0.223 e. The van der Waals surface area contributed by atoms with Crippen molar-refractivity contribution < 1.29 is 4.79 Å². The van der Waals surface area contributed by atoms with Crippen LogP contribution < -0.4 is 0 Å². The first-order valence-corrected chi connectivity index (χ1v) is 7.58. The van der Waals surface area contributed by atoms with Crippen LogP contribution in [-0.2, 0) is 24.2 Å². The highest BCUT2D eigenvalue weighted by molar-refractivity contribution is 7.09. The average Bonchev–Trinajstić information content (AvgIpc) is 2.97. The highest BCUT2D eigenvalue weighted by atomic mass is 32.1. The molecular weight excluding hydrogens is 254 g/mol. The molecular formula is C16H17NOS. The second-order valence-corrected chi connectivity index (χ2v) is 5.95. The molecule has 2 nitrogen and oxygen atoms in total. The minimum absolute atomic E-state index is 0.280. The molecule has 19 heavy (non-hydrogen) atoms. The number of aryl methyl sites for hydroxylation is 1. The van der Waals surface area contributed by atoms with Gasteiger partial charge in [0.1, 0.15) is 0 Å². The van der Waals surface area contributed by atoms with E-state index in [1.807, 2.05) is 11.0 Å². The Morgan fingerprint density at radius 3 is 2.79 bits per heavy atom. The van der Waals surface area contributed by atoms with Crippen molar-refractivity contribution in [1.29, 1.82) is 0 Å². The van der Waals surface area contributed by atoms with E-state index in [-0.39, 0.29) is 5.91 Å². The standard InChI is InChI=1S/C16H17NOS/c18-16(8-7-15-6-3-11-19-15)17-10-9-13-4-1-2-5-14(13)12-17/h1-6,11H,7-10,12H2. The first-order valence-electron chi connectivity index (χ1n) is 6.70. The van der Waals surface area contributed by atoms with E-state index in [4.69, 9.17) is 0 Å². The van der Waals surface area contributed by atoms with Gasteiger partial charge in [-0.15, -0.1) is 11.3 Å². The molecule has 0 fully saturated rings. The Kier molecular flexibility index (Phi) is 3.65. The molecule has 0 bridgehead atoms. The summed E-state index contributed by atoms with van der Waals surface area (Å²) in [5.74, 6) is 0.280. The summed E-state index contributed by atoms with van der Waals surface area (Å²) in [7, 11) is 0. The molecule has 3 heteroatoms. The molecule has 1 aliphatic rings. The average molecular weight is 271 g/mol. The predicted molar refractivity (Wildman–Crippen MR) is 78.2 cm³/mol. The summed E-state index contributed by atoms with van der Waals surface area (Å²) < 4.78 is 0. The fourth-order valence-electron chi connectivity index (χ4n) is 2.55. The van der Waals surface area contributed by atoms with Gasteiger partial charge < -0.3 is 4.90 Å². The normalized spacial score (nSPS) is 14.2. The van der Waals surface area contributed by atoms with Crippen molar-refractivity contribution in [3.8, 4) is 0 Å². The number of carbonyl (C=O) groups excluding carboxylic acids is 1. The zero-order chi connectivity index (χ0) is 13.1. The second-order valence-electron chi connectivity index (χ2n) is 4.91. The van der Waals surface area contributed by atoms with E-state index in [0.29, 0.717) is 6.42 Å². The molecule has 0 spiro atoms. The third kappa shape index (κ3) is 2.87. The number of benzene rings is 1. The number of amides is 1. The van der Waals surface area contributed by atoms with Gasteiger partial charge in [-0.3, -0.25) is 4.79 Å². The van der Waals surface area contributed by atoms with Crippen LogP contribution in [0.5, 0.6) is 0 Å². The molecule has 0 atom stereocenters. The number of hydrogen-bond acceptors (Lipinski definition) is 2. The van der Waals surface area contributed by atoms with E-state index in [1.165, 1.54) is 16.0 Å². The van der Waals surface area contributed by atoms with Crippen LogP contribution in [0.4, 0.5) is 0 Å². The molecule has 1 amide bonds. The molecule has 0 aliphatic carbocycles. The van der Waals surface area contributed by atoms with Crippen LogP contribution in [0.25, 0.3) is 0 Å². The maximum atomic E-state index is 12.2. The summed E-state index contributed by atoms with van der Waals surface area (Å²) in [5, 5.41) is 2.07. The molecule has 2 heterocycles. The van der Waals surface area contributed by atoms with Crippen molar-refractivity contribution in [2.45, 2.75) is 25.8 Å². The third-order valence-corrected chi connectivity index (χ3v) is 4.58. The second kappa shape index (κ2) is 5.57. The van der Waals surface area contributed by atoms with Gasteiger partial charge in [0.25, 0.3) is 0 Å². The summed E-state index contributed by atoms with van der Waals surface area (Å²) in [4.78, 5) is 15.5. The molecule has 0 saturated carbocycles. The van der Waals surface area contributed by atoms with Gasteiger partial charge in [0.15, 0.2) is 0 Å². The highest BCUT2D eigenvalue weighted by Crippen LogP contribution is 2.20. The van der Waals surface area contributed by atoms with Crippen LogP contribution in [-0.4, -0.2) is 17.4 Å². The third-order valence-electron chi connectivity index (χ3n) is 3.65. The van der Waals surface area contributed by atoms with E-state index in [1.54, 1.807) is 11.3 Å². The fraction of sp³-hybridized carbons (Fsp3) is 0.312. The molecule has 0 N–H and O–H groups in total. The van der Waals surface area contributed by atoms with Gasteiger partial charge in [0.05, 0.1) is 0 Å². The maximum absolute atomic E-state index is 12.2. The van der Waals surface area contributed by atoms with Gasteiger partial charge in [0, 0.05) is 24.4 Å². The predicted octanol–water partition coefficient (Wildman–Crippen LogP) is 3.27. The summed E-state index contributed by atoms with van der Waals surface area (Å²) in [6, 6.07) is 12.6. The Labute approximate surface area is 117 Å². The van der Waals surface area contributed by atoms with Crippen molar-refractivity contribution in [2.24, 2.45) is 0 Å². The summed E-state index contributed by atoms with van der Waals surface area (Å²) >= 11 is 1.73. The van der Waals surface area contributed by atoms with Gasteiger partial charge in [0.2, 0.25) is 5.91 Å². The highest BCUT2D eigenvalue weighted by Gasteiger charge is 2.19. The molecule has 1 aliphatic heterocycles. The maximum Gasteiger partial charge on any atom is 0.223 e. The Morgan fingerprint density at radius 1 is 1.16 bits per heavy atom. The number of fused-ring (bicyclic) bond motifs is 1. The summed E-state index contributed by atoms with van der Waals surface area (Å²) in [5.41, 5.74) is 2.70. The van der Waals surface area contributed by atoms with Crippen molar-refractivity contribution in [2.75, 3.05) is 6.54 Å². The Balaban J connectivity index is 1.60. The number of rotatable bonds is 3. The minimum atomic E-state index is 0.280. The minimum Gasteiger partial charge on any atom is -0.338 e. The Morgan fingerprint density at radius 2 is 2.00 bits per heavy atom. The lowest BCUT2D eigenvalue weighted by Crippen LogP contribution is -2.35. The topological polar surface area (TPSA) is 20.3 Å². The number of carbonyl (C=O) groups is 1. The van der Waals surface area contributed by atoms with Gasteiger partial charge in [-0.05, 0) is 35.4 Å². The SMILES string of the molecule is O=C(CCc1cccs1)N1CCc2ccccc2C1. The van der Waals surface area contributed by atoms with E-state index in [0.717, 1.165) is 25.9 Å². The lowest BCUT2D eigenvalue weighted by atomic mass is 9.99. The van der Waals surface area contributed by atoms with E-state index < -0.39 is 0 Å². The monoisotopic (exact) mass is 271 g/mol. The first-order chi connectivity index (χ1) is 9.33. The van der Waals surface area contributed by atoms with Gasteiger partial charge >= 0.3 is 0 Å². The Bertz CT molecular complexity index is 562. The lowest BCUT2D eigenvalue weighted by molar-refractivity contribution is -0.132. The van der Waals surface area contributed by atoms with Crippen molar-refractivity contribution >= 4 is 17.2 Å². The zero-order valence-corrected chi connectivity index (χ0v) is 11.7. The van der Waals surface area contributed by atoms with Crippen LogP contribution in [0, 0.1) is 0 Å². The van der Waals surface area contributed by atoms with Crippen LogP contribution >= 0.6 is 11.3 Å². The summed E-state index contributed by atoms with van der Waals surface area (Å²) in [6.45, 7) is 1.64. The molecule has 3 rings (SSSR count). The number of nitrogens with zero attached hydrogens (tertiary/aromatic N) is 1. The molecule has 98 valence electrons. The Hall–Kier alpha value is -1.61. The largest absolute Gasteiger partial charge is 0.338 e. The van der Waals surface area contributed by atoms with Crippen LogP contribution in [0.2, 0.25) is 0 Å². The van der Waals surface area contributed by atoms with Crippen molar-refractivity contribution in [3.05, 3.63) is 57.8 Å². The number of hydrogen-bond donors (Lipinski definition) is 0. The van der Waals surface area contributed by atoms with E-state index in [2.05, 4.69) is 35.7 Å². The first kappa shape index (κ1) is 12.4. The van der Waals surface area contributed by atoms with Crippen molar-refractivity contribution in [3.63, 3.8) is 0 Å². The van der Waals surface area contributed by atoms with Crippen LogP contribution in [0.3, 0.4) is 0 Å². The molecule has 0 unspecified atom stereocenters. The lowest BCUT2D eigenvalue weighted by Gasteiger charge is -2.28. The van der Waals surface area contributed by atoms with Gasteiger partial charge in [-0.1, -0.05) is 30.3 Å². The molecule has 0 saturated heterocycles. The van der Waals surface area contributed by atoms with E-state index in [9.17, 15) is 4.79 Å². The molecule has 2 aromatic rings. The quantitative estimate of drug-likeness (QED) is 0.839. The zero-order valence-electron chi connectivity index (χ0n) is 10.8. The number of thiophene rings is 1. The van der Waals surface area contributed by atoms with Crippen LogP contribution in [0.1, 0.15) is 22.4 Å². The van der Waals surface area contributed by atoms with E-state index >= 15 is 0 Å². The fourth-order valence-corrected chi connectivity index (χ4v) is 3.26.